The lowest BCUT2D eigenvalue weighted by Gasteiger charge is -2.25. The topological polar surface area (TPSA) is 74.6 Å². The Labute approximate surface area is 205 Å². The van der Waals surface area contributed by atoms with E-state index in [1.54, 1.807) is 4.90 Å². The van der Waals surface area contributed by atoms with E-state index in [4.69, 9.17) is 9.15 Å². The third-order valence-electron chi connectivity index (χ3n) is 6.70. The third kappa shape index (κ3) is 5.47. The lowest BCUT2D eigenvalue weighted by atomic mass is 10.0. The van der Waals surface area contributed by atoms with Crippen molar-refractivity contribution in [3.63, 3.8) is 0 Å². The van der Waals surface area contributed by atoms with Gasteiger partial charge in [0.25, 0.3) is 5.91 Å². The molecule has 5 rings (SSSR count). The van der Waals surface area contributed by atoms with Gasteiger partial charge in [0.15, 0.2) is 5.69 Å². The van der Waals surface area contributed by atoms with Crippen molar-refractivity contribution in [2.45, 2.75) is 33.4 Å². The molecule has 4 aromatic rings. The lowest BCUT2D eigenvalue weighted by Crippen LogP contribution is -2.40. The number of amides is 1. The number of aryl methyl sites for hydroxylation is 2. The highest BCUT2D eigenvalue weighted by Crippen LogP contribution is 2.21. The van der Waals surface area contributed by atoms with Gasteiger partial charge in [-0.05, 0) is 43.0 Å². The summed E-state index contributed by atoms with van der Waals surface area (Å²) in [5.74, 6) is 0.467. The Morgan fingerprint density at radius 3 is 2.77 bits per heavy atom. The third-order valence-corrected chi connectivity index (χ3v) is 6.70. The van der Waals surface area contributed by atoms with Crippen LogP contribution < -0.4 is 0 Å². The number of carbonyl (C=O) groups excluding carboxylic acids is 1. The van der Waals surface area contributed by atoms with E-state index in [9.17, 15) is 4.79 Å². The number of para-hydroxylation sites is 1. The second-order valence-electron chi connectivity index (χ2n) is 9.28. The zero-order chi connectivity index (χ0) is 24.2. The van der Waals surface area contributed by atoms with Crippen LogP contribution in [0.5, 0.6) is 0 Å². The van der Waals surface area contributed by atoms with Crippen LogP contribution in [0.1, 0.15) is 38.6 Å². The van der Waals surface area contributed by atoms with Crippen molar-refractivity contribution in [3.8, 4) is 0 Å². The molecular weight excluding hydrogens is 440 g/mol. The predicted octanol–water partition coefficient (Wildman–Crippen LogP) is 4.49. The van der Waals surface area contributed by atoms with Crippen LogP contribution in [0.3, 0.4) is 0 Å². The number of aromatic nitrogens is 2. The summed E-state index contributed by atoms with van der Waals surface area (Å²) in [6, 6.07) is 15.0. The Balaban J connectivity index is 1.33. The molecular formula is C28H32N4O3. The maximum Gasteiger partial charge on any atom is 0.275 e. The number of rotatable bonds is 8. The van der Waals surface area contributed by atoms with Crippen molar-refractivity contribution in [1.29, 1.82) is 0 Å². The Kier molecular flexibility index (Phi) is 6.97. The molecule has 3 heterocycles. The van der Waals surface area contributed by atoms with E-state index in [-0.39, 0.29) is 5.91 Å². The molecule has 7 heteroatoms. The molecule has 1 fully saturated rings. The maximum absolute atomic E-state index is 12.8. The molecule has 2 aromatic carbocycles. The van der Waals surface area contributed by atoms with Gasteiger partial charge < -0.3 is 19.0 Å². The summed E-state index contributed by atoms with van der Waals surface area (Å²) >= 11 is 0. The number of carbonyl (C=O) groups is 1. The smallest absolute Gasteiger partial charge is 0.275 e. The molecule has 1 saturated heterocycles. The minimum Gasteiger partial charge on any atom is -0.447 e. The van der Waals surface area contributed by atoms with Crippen LogP contribution in [-0.4, -0.2) is 58.5 Å². The molecule has 0 saturated carbocycles. The van der Waals surface area contributed by atoms with E-state index in [0.29, 0.717) is 44.4 Å². The molecule has 0 unspecified atom stereocenters. The molecule has 0 spiro atoms. The number of H-pyrrole nitrogens is 1. The van der Waals surface area contributed by atoms with Gasteiger partial charge in [-0.25, -0.2) is 4.98 Å². The number of oxazole rings is 1. The average molecular weight is 473 g/mol. The van der Waals surface area contributed by atoms with Crippen LogP contribution >= 0.6 is 0 Å². The molecule has 1 aliphatic rings. The van der Waals surface area contributed by atoms with Crippen LogP contribution in [0.2, 0.25) is 0 Å². The van der Waals surface area contributed by atoms with Crippen LogP contribution in [-0.2, 0) is 24.2 Å². The van der Waals surface area contributed by atoms with Crippen molar-refractivity contribution in [3.05, 3.63) is 88.8 Å². The molecule has 2 aromatic heterocycles. The summed E-state index contributed by atoms with van der Waals surface area (Å²) in [5, 5.41) is 1.26. The van der Waals surface area contributed by atoms with E-state index in [2.05, 4.69) is 71.3 Å². The van der Waals surface area contributed by atoms with Gasteiger partial charge in [-0.2, -0.15) is 0 Å². The van der Waals surface area contributed by atoms with Gasteiger partial charge in [-0.1, -0.05) is 42.0 Å². The largest absolute Gasteiger partial charge is 0.447 e. The first kappa shape index (κ1) is 23.3. The fourth-order valence-corrected chi connectivity index (χ4v) is 4.64. The first-order valence-electron chi connectivity index (χ1n) is 12.2. The highest BCUT2D eigenvalue weighted by Gasteiger charge is 2.22. The van der Waals surface area contributed by atoms with Crippen molar-refractivity contribution in [2.75, 3.05) is 32.8 Å². The number of benzene rings is 2. The van der Waals surface area contributed by atoms with Crippen LogP contribution in [0.4, 0.5) is 0 Å². The Morgan fingerprint density at radius 2 is 1.91 bits per heavy atom. The number of nitrogens with one attached hydrogen (secondary N) is 1. The van der Waals surface area contributed by atoms with Crippen molar-refractivity contribution in [2.24, 2.45) is 0 Å². The summed E-state index contributed by atoms with van der Waals surface area (Å²) in [6.45, 7) is 8.73. The van der Waals surface area contributed by atoms with E-state index >= 15 is 0 Å². The van der Waals surface area contributed by atoms with Gasteiger partial charge in [0.1, 0.15) is 6.26 Å². The van der Waals surface area contributed by atoms with Gasteiger partial charge in [0.05, 0.1) is 19.8 Å². The summed E-state index contributed by atoms with van der Waals surface area (Å²) in [5.41, 5.74) is 6.62. The number of ether oxygens (including phenoxy) is 1. The van der Waals surface area contributed by atoms with E-state index in [1.165, 1.54) is 33.9 Å². The Morgan fingerprint density at radius 1 is 1.09 bits per heavy atom. The fourth-order valence-electron chi connectivity index (χ4n) is 4.64. The van der Waals surface area contributed by atoms with Crippen molar-refractivity contribution in [1.82, 2.24) is 19.8 Å². The molecule has 0 aliphatic carbocycles. The van der Waals surface area contributed by atoms with Gasteiger partial charge in [0, 0.05) is 43.3 Å². The molecule has 35 heavy (non-hydrogen) atoms. The SMILES string of the molecule is Cc1ccc(C)c(CN(CCc2c[nH]c3ccccc23)Cc2nc(C(=O)N3CCOCC3)co2)c1. The average Bonchev–Trinajstić information content (AvgIpc) is 3.52. The van der Waals surface area contributed by atoms with Gasteiger partial charge in [-0.15, -0.1) is 0 Å². The number of hydrogen-bond acceptors (Lipinski definition) is 5. The first-order valence-corrected chi connectivity index (χ1v) is 12.2. The van der Waals surface area contributed by atoms with Gasteiger partial charge >= 0.3 is 0 Å². The molecule has 7 nitrogen and oxygen atoms in total. The number of nitrogens with zero attached hydrogens (tertiary/aromatic N) is 3. The zero-order valence-corrected chi connectivity index (χ0v) is 20.4. The fraction of sp³-hybridized carbons (Fsp3) is 0.357. The first-order chi connectivity index (χ1) is 17.1. The quantitative estimate of drug-likeness (QED) is 0.409. The van der Waals surface area contributed by atoms with E-state index in [1.807, 2.05) is 6.07 Å². The molecule has 1 aliphatic heterocycles. The highest BCUT2D eigenvalue weighted by atomic mass is 16.5. The highest BCUT2D eigenvalue weighted by molar-refractivity contribution is 5.92. The Bertz CT molecular complexity index is 1300. The van der Waals surface area contributed by atoms with Crippen LogP contribution in [0.25, 0.3) is 10.9 Å². The second kappa shape index (κ2) is 10.5. The van der Waals surface area contributed by atoms with Gasteiger partial charge in [-0.3, -0.25) is 9.69 Å². The minimum atomic E-state index is -0.0943. The maximum atomic E-state index is 12.8. The van der Waals surface area contributed by atoms with Crippen molar-refractivity contribution < 1.29 is 13.9 Å². The Hall–Kier alpha value is -3.42. The summed E-state index contributed by atoms with van der Waals surface area (Å²) < 4.78 is 11.1. The molecule has 1 N–H and O–H groups in total. The van der Waals surface area contributed by atoms with Crippen LogP contribution in [0.15, 0.2) is 59.3 Å². The lowest BCUT2D eigenvalue weighted by molar-refractivity contribution is 0.0299. The van der Waals surface area contributed by atoms with E-state index in [0.717, 1.165) is 25.0 Å². The van der Waals surface area contributed by atoms with Crippen molar-refractivity contribution >= 4 is 16.8 Å². The van der Waals surface area contributed by atoms with E-state index < -0.39 is 0 Å². The molecule has 0 atom stereocenters. The summed E-state index contributed by atoms with van der Waals surface area (Å²) in [4.78, 5) is 24.9. The van der Waals surface area contributed by atoms with Gasteiger partial charge in [0.2, 0.25) is 5.89 Å². The number of hydrogen-bond donors (Lipinski definition) is 1. The standard InChI is InChI=1S/C28H32N4O3/c1-20-7-8-21(2)23(15-20)17-31(10-9-22-16-29-25-6-4-3-5-24(22)25)18-27-30-26(19-35-27)28(33)32-11-13-34-14-12-32/h3-8,15-16,19,29H,9-14,17-18H2,1-2H3. The number of aromatic amines is 1. The molecule has 1 amide bonds. The monoisotopic (exact) mass is 472 g/mol. The number of fused-ring (bicyclic) bond motifs is 1. The second-order valence-corrected chi connectivity index (χ2v) is 9.28. The number of morpholine rings is 1. The predicted molar refractivity (Wildman–Crippen MR) is 135 cm³/mol. The molecule has 0 radical (unpaired) electrons. The van der Waals surface area contributed by atoms with Crippen LogP contribution in [0, 0.1) is 13.8 Å². The molecule has 0 bridgehead atoms. The summed E-state index contributed by atoms with van der Waals surface area (Å²) in [6.07, 6.45) is 4.49. The molecule has 182 valence electrons. The minimum absolute atomic E-state index is 0.0943. The normalized spacial score (nSPS) is 14.2. The zero-order valence-electron chi connectivity index (χ0n) is 20.4. The summed E-state index contributed by atoms with van der Waals surface area (Å²) in [7, 11) is 0.